The molecule has 0 aliphatic rings. The second kappa shape index (κ2) is 5.04. The Bertz CT molecular complexity index is 237. The van der Waals surface area contributed by atoms with E-state index < -0.39 is 21.8 Å². The fraction of sp³-hybridized carbons (Fsp3) is 0.750. The predicted molar refractivity (Wildman–Crippen MR) is 41.6 cm³/mol. The molecule has 0 aliphatic heterocycles. The molecule has 8 heteroatoms. The summed E-state index contributed by atoms with van der Waals surface area (Å²) in [6, 6.07) is 0. The lowest BCUT2D eigenvalue weighted by Crippen LogP contribution is -2.42. The smallest absolute Gasteiger partial charge is 0.266 e. The van der Waals surface area contributed by atoms with E-state index in [0.717, 1.165) is 0 Å². The Morgan fingerprint density at radius 3 is 2.50 bits per heavy atom. The van der Waals surface area contributed by atoms with Gasteiger partial charge in [-0.15, -0.1) is 0 Å². The standard InChI is InChI=1S/C4H11N3O4S/c5-3-4(8)7-6-1-2-12(9,10)11/h6H,1-3,5H2,(H,7,8)(H,9,10,11). The number of carbonyl (C=O) groups is 1. The van der Waals surface area contributed by atoms with E-state index in [4.69, 9.17) is 10.3 Å². The number of hydrazine groups is 1. The second-order valence-electron chi connectivity index (χ2n) is 1.97. The van der Waals surface area contributed by atoms with Crippen LogP contribution in [0.1, 0.15) is 0 Å². The molecule has 7 nitrogen and oxygen atoms in total. The van der Waals surface area contributed by atoms with Crippen LogP contribution < -0.4 is 16.6 Å². The average Bonchev–Trinajstić information content (AvgIpc) is 1.96. The summed E-state index contributed by atoms with van der Waals surface area (Å²) in [6.45, 7) is -0.247. The summed E-state index contributed by atoms with van der Waals surface area (Å²) in [5.74, 6) is -0.914. The first-order chi connectivity index (χ1) is 5.45. The van der Waals surface area contributed by atoms with Gasteiger partial charge < -0.3 is 5.73 Å². The van der Waals surface area contributed by atoms with Gasteiger partial charge in [0.1, 0.15) is 0 Å². The highest BCUT2D eigenvalue weighted by atomic mass is 32.2. The van der Waals surface area contributed by atoms with Crippen molar-refractivity contribution in [2.45, 2.75) is 0 Å². The van der Waals surface area contributed by atoms with Crippen LogP contribution in [0.4, 0.5) is 0 Å². The first kappa shape index (κ1) is 11.3. The molecule has 0 aromatic heterocycles. The predicted octanol–water partition coefficient (Wildman–Crippen LogP) is -2.55. The van der Waals surface area contributed by atoms with Crippen LogP contribution in [0.5, 0.6) is 0 Å². The molecule has 0 radical (unpaired) electrons. The first-order valence-corrected chi connectivity index (χ1v) is 4.73. The van der Waals surface area contributed by atoms with Crippen LogP contribution in [-0.4, -0.2) is 37.7 Å². The third kappa shape index (κ3) is 7.41. The molecule has 0 saturated carbocycles. The first-order valence-electron chi connectivity index (χ1n) is 3.12. The molecule has 0 aliphatic carbocycles. The lowest BCUT2D eigenvalue weighted by Gasteiger charge is -2.03. The van der Waals surface area contributed by atoms with Gasteiger partial charge in [-0.3, -0.25) is 14.8 Å². The number of hydrogen-bond acceptors (Lipinski definition) is 5. The summed E-state index contributed by atoms with van der Waals surface area (Å²) in [4.78, 5) is 10.4. The van der Waals surface area contributed by atoms with Crippen molar-refractivity contribution >= 4 is 16.0 Å². The summed E-state index contributed by atoms with van der Waals surface area (Å²) in [5, 5.41) is 0. The number of carbonyl (C=O) groups excluding carboxylic acids is 1. The maximum atomic E-state index is 10.4. The maximum absolute atomic E-state index is 10.4. The molecule has 0 unspecified atom stereocenters. The molecule has 0 rings (SSSR count). The molecule has 12 heavy (non-hydrogen) atoms. The Balaban J connectivity index is 3.40. The molecule has 0 aromatic carbocycles. The number of hydrogen-bond donors (Lipinski definition) is 4. The molecule has 0 saturated heterocycles. The number of nitrogens with one attached hydrogen (secondary N) is 2. The van der Waals surface area contributed by atoms with Gasteiger partial charge >= 0.3 is 0 Å². The van der Waals surface area contributed by atoms with Gasteiger partial charge in [0.15, 0.2) is 0 Å². The highest BCUT2D eigenvalue weighted by Gasteiger charge is 2.03. The van der Waals surface area contributed by atoms with Gasteiger partial charge in [-0.2, -0.15) is 8.42 Å². The van der Waals surface area contributed by atoms with Crippen molar-refractivity contribution in [3.8, 4) is 0 Å². The Kier molecular flexibility index (Phi) is 4.74. The molecule has 0 bridgehead atoms. The fourth-order valence-electron chi connectivity index (χ4n) is 0.392. The largest absolute Gasteiger partial charge is 0.322 e. The Morgan fingerprint density at radius 1 is 1.50 bits per heavy atom. The third-order valence-corrected chi connectivity index (χ3v) is 1.62. The van der Waals surface area contributed by atoms with Gasteiger partial charge in [0.25, 0.3) is 10.1 Å². The molecular formula is C4H11N3O4S. The molecule has 0 atom stereocenters. The van der Waals surface area contributed by atoms with Crippen molar-refractivity contribution in [3.63, 3.8) is 0 Å². The number of amides is 1. The summed E-state index contributed by atoms with van der Waals surface area (Å²) < 4.78 is 28.5. The highest BCUT2D eigenvalue weighted by molar-refractivity contribution is 7.85. The van der Waals surface area contributed by atoms with Crippen LogP contribution in [-0.2, 0) is 14.9 Å². The molecule has 72 valence electrons. The molecule has 0 heterocycles. The van der Waals surface area contributed by atoms with Gasteiger partial charge in [0.05, 0.1) is 12.3 Å². The SMILES string of the molecule is NCC(=O)NNCCS(=O)(=O)O. The van der Waals surface area contributed by atoms with Gasteiger partial charge in [-0.05, 0) is 0 Å². The molecule has 0 aromatic rings. The van der Waals surface area contributed by atoms with Crippen molar-refractivity contribution in [3.05, 3.63) is 0 Å². The zero-order valence-corrected chi connectivity index (χ0v) is 7.10. The van der Waals surface area contributed by atoms with E-state index >= 15 is 0 Å². The number of rotatable bonds is 5. The zero-order chi connectivity index (χ0) is 9.61. The lowest BCUT2D eigenvalue weighted by atomic mass is 10.6. The monoisotopic (exact) mass is 197 g/mol. The van der Waals surface area contributed by atoms with E-state index in [9.17, 15) is 13.2 Å². The van der Waals surface area contributed by atoms with Gasteiger partial charge in [-0.25, -0.2) is 5.43 Å². The quantitative estimate of drug-likeness (QED) is 0.219. The molecule has 1 amide bonds. The average molecular weight is 197 g/mol. The van der Waals surface area contributed by atoms with Crippen molar-refractivity contribution in [1.82, 2.24) is 10.9 Å². The van der Waals surface area contributed by atoms with Gasteiger partial charge in [0, 0.05) is 6.54 Å². The normalized spacial score (nSPS) is 11.2. The molecule has 5 N–H and O–H groups in total. The minimum atomic E-state index is -3.97. The third-order valence-electron chi connectivity index (χ3n) is 0.898. The van der Waals surface area contributed by atoms with Crippen LogP contribution in [0.15, 0.2) is 0 Å². The Labute approximate surface area is 70.0 Å². The van der Waals surface area contributed by atoms with E-state index in [1.165, 1.54) is 0 Å². The van der Waals surface area contributed by atoms with Crippen LogP contribution >= 0.6 is 0 Å². The zero-order valence-electron chi connectivity index (χ0n) is 6.28. The van der Waals surface area contributed by atoms with Crippen LogP contribution in [0.25, 0.3) is 0 Å². The van der Waals surface area contributed by atoms with Crippen LogP contribution in [0, 0.1) is 0 Å². The van der Waals surface area contributed by atoms with Gasteiger partial charge in [-0.1, -0.05) is 0 Å². The Morgan fingerprint density at radius 2 is 2.08 bits per heavy atom. The van der Waals surface area contributed by atoms with E-state index in [1.54, 1.807) is 0 Å². The lowest BCUT2D eigenvalue weighted by molar-refractivity contribution is -0.120. The minimum Gasteiger partial charge on any atom is -0.322 e. The van der Waals surface area contributed by atoms with Crippen molar-refractivity contribution < 1.29 is 17.8 Å². The van der Waals surface area contributed by atoms with E-state index in [1.807, 2.05) is 0 Å². The van der Waals surface area contributed by atoms with Gasteiger partial charge in [0.2, 0.25) is 5.91 Å². The Hall–Kier alpha value is -0.700. The van der Waals surface area contributed by atoms with E-state index in [-0.39, 0.29) is 13.1 Å². The summed E-state index contributed by atoms with van der Waals surface area (Å²) in [7, 11) is -3.97. The van der Waals surface area contributed by atoms with Crippen LogP contribution in [0.3, 0.4) is 0 Å². The fourth-order valence-corrected chi connectivity index (χ4v) is 0.752. The second-order valence-corrected chi connectivity index (χ2v) is 3.54. The minimum absolute atomic E-state index is 0.0649. The summed E-state index contributed by atoms with van der Waals surface area (Å²) >= 11 is 0. The molecular weight excluding hydrogens is 186 g/mol. The summed E-state index contributed by atoms with van der Waals surface area (Å²) in [6.07, 6.45) is 0. The van der Waals surface area contributed by atoms with E-state index in [2.05, 4.69) is 10.9 Å². The maximum Gasteiger partial charge on any atom is 0.266 e. The summed E-state index contributed by atoms with van der Waals surface area (Å²) in [5.41, 5.74) is 9.31. The topological polar surface area (TPSA) is 122 Å². The molecule has 0 spiro atoms. The van der Waals surface area contributed by atoms with Crippen molar-refractivity contribution in [1.29, 1.82) is 0 Å². The van der Waals surface area contributed by atoms with E-state index in [0.29, 0.717) is 0 Å². The van der Waals surface area contributed by atoms with Crippen LogP contribution in [0.2, 0.25) is 0 Å². The molecule has 0 fully saturated rings. The van der Waals surface area contributed by atoms with Crippen molar-refractivity contribution in [2.24, 2.45) is 5.73 Å². The number of nitrogens with two attached hydrogens (primary N) is 1. The highest BCUT2D eigenvalue weighted by Crippen LogP contribution is 1.76. The van der Waals surface area contributed by atoms with Crippen molar-refractivity contribution in [2.75, 3.05) is 18.8 Å².